The molecule has 0 saturated heterocycles. The van der Waals surface area contributed by atoms with Crippen LogP contribution in [0.25, 0.3) is 22.8 Å². The van der Waals surface area contributed by atoms with Crippen LogP contribution in [-0.2, 0) is 0 Å². The summed E-state index contributed by atoms with van der Waals surface area (Å²) in [5, 5.41) is 4.00. The first-order valence-corrected chi connectivity index (χ1v) is 6.89. The molecule has 0 bridgehead atoms. The third-order valence-electron chi connectivity index (χ3n) is 2.93. The van der Waals surface area contributed by atoms with Gasteiger partial charge in [0.15, 0.2) is 0 Å². The average molecular weight is 330 g/mol. The molecule has 0 aliphatic heterocycles. The summed E-state index contributed by atoms with van der Waals surface area (Å²) in [5.41, 5.74) is 9.31. The van der Waals surface area contributed by atoms with Crippen molar-refractivity contribution in [3.05, 3.63) is 52.5 Å². The Hall–Kier alpha value is -2.14. The lowest BCUT2D eigenvalue weighted by atomic mass is 10.1. The maximum Gasteiger partial charge on any atom is 0.259 e. The topological polar surface area (TPSA) is 64.9 Å². The van der Waals surface area contributed by atoms with Crippen molar-refractivity contribution in [3.8, 4) is 22.8 Å². The van der Waals surface area contributed by atoms with E-state index in [0.717, 1.165) is 21.2 Å². The number of nitrogen functional groups attached to an aromatic ring is 1. The highest BCUT2D eigenvalue weighted by Gasteiger charge is 2.13. The summed E-state index contributed by atoms with van der Waals surface area (Å²) in [7, 11) is 0. The zero-order valence-electron chi connectivity index (χ0n) is 10.8. The number of rotatable bonds is 2. The molecule has 0 fully saturated rings. The Bertz CT molecular complexity index is 767. The molecule has 4 nitrogen and oxygen atoms in total. The standard InChI is InChI=1S/C15H12BrN3O/c1-9-5-6-12(13(16)7-9)15-18-14(19-20-15)10-3-2-4-11(17)8-10/h2-8H,17H2,1H3. The molecule has 0 atom stereocenters. The third-order valence-corrected chi connectivity index (χ3v) is 3.58. The molecule has 20 heavy (non-hydrogen) atoms. The molecule has 0 spiro atoms. The summed E-state index contributed by atoms with van der Waals surface area (Å²) in [6.45, 7) is 2.03. The molecule has 0 aliphatic carbocycles. The van der Waals surface area contributed by atoms with Crippen molar-refractivity contribution in [2.45, 2.75) is 6.92 Å². The van der Waals surface area contributed by atoms with E-state index >= 15 is 0 Å². The highest BCUT2D eigenvalue weighted by Crippen LogP contribution is 2.29. The molecular formula is C15H12BrN3O. The number of halogens is 1. The Kier molecular flexibility index (Phi) is 3.28. The normalized spacial score (nSPS) is 10.7. The summed E-state index contributed by atoms with van der Waals surface area (Å²) in [6.07, 6.45) is 0. The summed E-state index contributed by atoms with van der Waals surface area (Å²) in [5.74, 6) is 1.01. The Morgan fingerprint density at radius 1 is 1.15 bits per heavy atom. The van der Waals surface area contributed by atoms with Gasteiger partial charge in [-0.3, -0.25) is 0 Å². The minimum absolute atomic E-state index is 0.481. The van der Waals surface area contributed by atoms with Crippen LogP contribution >= 0.6 is 15.9 Å². The predicted octanol–water partition coefficient (Wildman–Crippen LogP) is 4.06. The van der Waals surface area contributed by atoms with Gasteiger partial charge in [-0.2, -0.15) is 4.98 Å². The zero-order valence-corrected chi connectivity index (χ0v) is 12.4. The fraction of sp³-hybridized carbons (Fsp3) is 0.0667. The molecule has 3 rings (SSSR count). The minimum Gasteiger partial charge on any atom is -0.399 e. The highest BCUT2D eigenvalue weighted by molar-refractivity contribution is 9.10. The minimum atomic E-state index is 0.481. The highest BCUT2D eigenvalue weighted by atomic mass is 79.9. The average Bonchev–Trinajstić information content (AvgIpc) is 2.88. The first-order valence-electron chi connectivity index (χ1n) is 6.09. The lowest BCUT2D eigenvalue weighted by molar-refractivity contribution is 0.432. The van der Waals surface area contributed by atoms with Crippen molar-refractivity contribution in [3.63, 3.8) is 0 Å². The van der Waals surface area contributed by atoms with E-state index in [1.807, 2.05) is 49.4 Å². The first kappa shape index (κ1) is 12.9. The second-order valence-electron chi connectivity index (χ2n) is 4.53. The van der Waals surface area contributed by atoms with Crippen molar-refractivity contribution in [1.29, 1.82) is 0 Å². The van der Waals surface area contributed by atoms with Gasteiger partial charge < -0.3 is 10.3 Å². The molecule has 2 N–H and O–H groups in total. The van der Waals surface area contributed by atoms with Crippen LogP contribution in [0.3, 0.4) is 0 Å². The monoisotopic (exact) mass is 329 g/mol. The Balaban J connectivity index is 2.02. The first-order chi connectivity index (χ1) is 9.63. The van der Waals surface area contributed by atoms with Crippen LogP contribution in [0.2, 0.25) is 0 Å². The molecule has 0 amide bonds. The Morgan fingerprint density at radius 3 is 2.75 bits per heavy atom. The number of hydrogen-bond donors (Lipinski definition) is 1. The number of nitrogens with zero attached hydrogens (tertiary/aromatic N) is 2. The van der Waals surface area contributed by atoms with E-state index in [1.165, 1.54) is 0 Å². The Morgan fingerprint density at radius 2 is 2.00 bits per heavy atom. The van der Waals surface area contributed by atoms with E-state index in [4.69, 9.17) is 10.3 Å². The molecule has 0 aliphatic rings. The van der Waals surface area contributed by atoms with Crippen LogP contribution in [0.4, 0.5) is 5.69 Å². The van der Waals surface area contributed by atoms with E-state index in [-0.39, 0.29) is 0 Å². The van der Waals surface area contributed by atoms with Crippen LogP contribution < -0.4 is 5.73 Å². The molecule has 2 aromatic carbocycles. The van der Waals surface area contributed by atoms with E-state index in [1.54, 1.807) is 0 Å². The number of hydrogen-bond acceptors (Lipinski definition) is 4. The maximum absolute atomic E-state index is 5.76. The summed E-state index contributed by atoms with van der Waals surface area (Å²) in [6, 6.07) is 13.4. The third kappa shape index (κ3) is 2.44. The number of aromatic nitrogens is 2. The maximum atomic E-state index is 5.76. The summed E-state index contributed by atoms with van der Waals surface area (Å²) < 4.78 is 6.26. The molecule has 1 aromatic heterocycles. The predicted molar refractivity (Wildman–Crippen MR) is 82.0 cm³/mol. The van der Waals surface area contributed by atoms with Crippen molar-refractivity contribution < 1.29 is 4.52 Å². The van der Waals surface area contributed by atoms with E-state index < -0.39 is 0 Å². The zero-order chi connectivity index (χ0) is 14.1. The summed E-state index contributed by atoms with van der Waals surface area (Å²) in [4.78, 5) is 4.42. The fourth-order valence-electron chi connectivity index (χ4n) is 1.92. The number of anilines is 1. The van der Waals surface area contributed by atoms with Gasteiger partial charge in [0.05, 0.1) is 5.56 Å². The van der Waals surface area contributed by atoms with E-state index in [0.29, 0.717) is 17.4 Å². The molecule has 3 aromatic rings. The van der Waals surface area contributed by atoms with Gasteiger partial charge in [-0.25, -0.2) is 0 Å². The van der Waals surface area contributed by atoms with Crippen molar-refractivity contribution in [2.24, 2.45) is 0 Å². The molecule has 0 saturated carbocycles. The van der Waals surface area contributed by atoms with Crippen LogP contribution in [0.15, 0.2) is 51.5 Å². The molecular weight excluding hydrogens is 318 g/mol. The number of benzene rings is 2. The lowest BCUT2D eigenvalue weighted by Gasteiger charge is -1.99. The van der Waals surface area contributed by atoms with Gasteiger partial charge in [-0.1, -0.05) is 23.4 Å². The Labute approximate surface area is 124 Å². The second kappa shape index (κ2) is 5.09. The van der Waals surface area contributed by atoms with Crippen LogP contribution in [-0.4, -0.2) is 10.1 Å². The van der Waals surface area contributed by atoms with Gasteiger partial charge in [-0.05, 0) is 52.7 Å². The van der Waals surface area contributed by atoms with Gasteiger partial charge in [0.2, 0.25) is 5.82 Å². The molecule has 1 heterocycles. The van der Waals surface area contributed by atoms with Crippen molar-refractivity contribution in [1.82, 2.24) is 10.1 Å². The second-order valence-corrected chi connectivity index (χ2v) is 5.39. The van der Waals surface area contributed by atoms with Gasteiger partial charge in [-0.15, -0.1) is 0 Å². The van der Waals surface area contributed by atoms with Crippen LogP contribution in [0.5, 0.6) is 0 Å². The van der Waals surface area contributed by atoms with Crippen molar-refractivity contribution >= 4 is 21.6 Å². The number of aryl methyl sites for hydroxylation is 1. The molecule has 0 unspecified atom stereocenters. The van der Waals surface area contributed by atoms with Crippen LogP contribution in [0, 0.1) is 6.92 Å². The van der Waals surface area contributed by atoms with Gasteiger partial charge in [0.25, 0.3) is 5.89 Å². The SMILES string of the molecule is Cc1ccc(-c2nc(-c3cccc(N)c3)no2)c(Br)c1. The van der Waals surface area contributed by atoms with Gasteiger partial charge >= 0.3 is 0 Å². The fourth-order valence-corrected chi connectivity index (χ4v) is 2.58. The van der Waals surface area contributed by atoms with E-state index in [2.05, 4.69) is 26.1 Å². The van der Waals surface area contributed by atoms with E-state index in [9.17, 15) is 0 Å². The van der Waals surface area contributed by atoms with Crippen molar-refractivity contribution in [2.75, 3.05) is 5.73 Å². The smallest absolute Gasteiger partial charge is 0.259 e. The molecule has 5 heteroatoms. The molecule has 0 radical (unpaired) electrons. The van der Waals surface area contributed by atoms with Gasteiger partial charge in [0.1, 0.15) is 0 Å². The quantitative estimate of drug-likeness (QED) is 0.720. The lowest BCUT2D eigenvalue weighted by Crippen LogP contribution is -1.86. The number of nitrogens with two attached hydrogens (primary N) is 1. The van der Waals surface area contributed by atoms with Crippen LogP contribution in [0.1, 0.15) is 5.56 Å². The summed E-state index contributed by atoms with van der Waals surface area (Å²) >= 11 is 3.51. The molecule has 100 valence electrons. The van der Waals surface area contributed by atoms with Gasteiger partial charge in [0, 0.05) is 15.7 Å². The largest absolute Gasteiger partial charge is 0.399 e.